The quantitative estimate of drug-likeness (QED) is 0.475. The number of rotatable bonds is 2. The van der Waals surface area contributed by atoms with Gasteiger partial charge in [-0.2, -0.15) is 0 Å². The SMILES string of the molecule is CC(C(=S)N(C)C(C)C)=C1c2ccccc2-c2ccccc21. The van der Waals surface area contributed by atoms with Crippen molar-refractivity contribution < 1.29 is 0 Å². The molecule has 0 bridgehead atoms. The molecule has 0 spiro atoms. The highest BCUT2D eigenvalue weighted by molar-refractivity contribution is 7.80. The summed E-state index contributed by atoms with van der Waals surface area (Å²) >= 11 is 5.74. The lowest BCUT2D eigenvalue weighted by Crippen LogP contribution is -2.32. The Balaban J connectivity index is 2.22. The van der Waals surface area contributed by atoms with Gasteiger partial charge in [-0.25, -0.2) is 0 Å². The molecular weight excluding hydrogens is 286 g/mol. The Morgan fingerprint density at radius 3 is 1.68 bits per heavy atom. The Morgan fingerprint density at radius 1 is 0.864 bits per heavy atom. The van der Waals surface area contributed by atoms with Gasteiger partial charge in [0.25, 0.3) is 0 Å². The highest BCUT2D eigenvalue weighted by atomic mass is 32.1. The van der Waals surface area contributed by atoms with E-state index in [2.05, 4.69) is 81.2 Å². The third kappa shape index (κ3) is 2.28. The Morgan fingerprint density at radius 2 is 1.27 bits per heavy atom. The lowest BCUT2D eigenvalue weighted by atomic mass is 9.98. The molecule has 2 heteroatoms. The fourth-order valence-corrected chi connectivity index (χ4v) is 3.34. The van der Waals surface area contributed by atoms with Crippen LogP contribution < -0.4 is 0 Å². The molecule has 1 aliphatic carbocycles. The highest BCUT2D eigenvalue weighted by Crippen LogP contribution is 2.45. The second-order valence-corrected chi connectivity index (χ2v) is 6.49. The summed E-state index contributed by atoms with van der Waals surface area (Å²) in [5.41, 5.74) is 7.67. The molecule has 2 aromatic carbocycles. The predicted molar refractivity (Wildman–Crippen MR) is 99.1 cm³/mol. The number of hydrogen-bond acceptors (Lipinski definition) is 1. The van der Waals surface area contributed by atoms with E-state index in [-0.39, 0.29) is 0 Å². The average Bonchev–Trinajstić information content (AvgIpc) is 2.87. The Kier molecular flexibility index (Phi) is 3.88. The minimum atomic E-state index is 0.398. The fourth-order valence-electron chi connectivity index (χ4n) is 3.03. The number of likely N-dealkylation sites (N-methyl/N-ethyl adjacent to an activating group) is 1. The molecule has 0 heterocycles. The first kappa shape index (κ1) is 15.0. The molecule has 0 saturated heterocycles. The molecule has 0 atom stereocenters. The molecule has 0 radical (unpaired) electrons. The van der Waals surface area contributed by atoms with Crippen LogP contribution in [0.1, 0.15) is 31.9 Å². The second kappa shape index (κ2) is 5.69. The van der Waals surface area contributed by atoms with Crippen molar-refractivity contribution >= 4 is 22.8 Å². The van der Waals surface area contributed by atoms with Crippen molar-refractivity contribution in [3.05, 3.63) is 65.2 Å². The standard InChI is InChI=1S/C20H21NS/c1-13(2)21(4)20(22)14(3)19-17-11-7-5-9-15(17)16-10-6-8-12-18(16)19/h5-13H,1-4H3. The van der Waals surface area contributed by atoms with E-state index in [1.165, 1.54) is 33.4 Å². The highest BCUT2D eigenvalue weighted by Gasteiger charge is 2.26. The van der Waals surface area contributed by atoms with Crippen molar-refractivity contribution in [2.75, 3.05) is 7.05 Å². The molecule has 0 saturated carbocycles. The molecular formula is C20H21NS. The van der Waals surface area contributed by atoms with Gasteiger partial charge < -0.3 is 4.90 Å². The summed E-state index contributed by atoms with van der Waals surface area (Å²) in [5, 5.41) is 0. The topological polar surface area (TPSA) is 3.24 Å². The number of hydrogen-bond donors (Lipinski definition) is 0. The Hall–Kier alpha value is -1.93. The third-order valence-electron chi connectivity index (χ3n) is 4.47. The van der Waals surface area contributed by atoms with Crippen LogP contribution in [0.3, 0.4) is 0 Å². The van der Waals surface area contributed by atoms with Crippen LogP contribution in [-0.2, 0) is 0 Å². The van der Waals surface area contributed by atoms with Gasteiger partial charge >= 0.3 is 0 Å². The number of benzene rings is 2. The lowest BCUT2D eigenvalue weighted by Gasteiger charge is -2.26. The first-order valence-corrected chi connectivity index (χ1v) is 8.10. The maximum atomic E-state index is 5.74. The zero-order chi connectivity index (χ0) is 15.9. The van der Waals surface area contributed by atoms with Gasteiger partial charge in [-0.05, 0) is 54.2 Å². The number of nitrogens with zero attached hydrogens (tertiary/aromatic N) is 1. The average molecular weight is 307 g/mol. The van der Waals surface area contributed by atoms with Crippen LogP contribution in [0.2, 0.25) is 0 Å². The molecule has 0 unspecified atom stereocenters. The van der Waals surface area contributed by atoms with Crippen LogP contribution in [-0.4, -0.2) is 23.0 Å². The normalized spacial score (nSPS) is 12.1. The van der Waals surface area contributed by atoms with Crippen LogP contribution in [0.15, 0.2) is 54.1 Å². The van der Waals surface area contributed by atoms with Crippen LogP contribution in [0.4, 0.5) is 0 Å². The molecule has 0 fully saturated rings. The smallest absolute Gasteiger partial charge is 0.105 e. The second-order valence-electron chi connectivity index (χ2n) is 6.10. The van der Waals surface area contributed by atoms with Crippen molar-refractivity contribution in [3.8, 4) is 11.1 Å². The lowest BCUT2D eigenvalue weighted by molar-refractivity contribution is 0.424. The minimum Gasteiger partial charge on any atom is -0.363 e. The van der Waals surface area contributed by atoms with E-state index in [1.54, 1.807) is 0 Å². The van der Waals surface area contributed by atoms with Crippen LogP contribution >= 0.6 is 12.2 Å². The zero-order valence-electron chi connectivity index (χ0n) is 13.6. The van der Waals surface area contributed by atoms with Crippen molar-refractivity contribution in [2.45, 2.75) is 26.8 Å². The first-order chi connectivity index (χ1) is 10.5. The van der Waals surface area contributed by atoms with Gasteiger partial charge in [0.15, 0.2) is 0 Å². The predicted octanol–water partition coefficient (Wildman–Crippen LogP) is 5.16. The summed E-state index contributed by atoms with van der Waals surface area (Å²) in [5.74, 6) is 0. The molecule has 3 rings (SSSR count). The van der Waals surface area contributed by atoms with Gasteiger partial charge in [-0.15, -0.1) is 0 Å². The molecule has 2 aromatic rings. The molecule has 0 amide bonds. The Labute approximate surface area is 138 Å². The minimum absolute atomic E-state index is 0.398. The Bertz CT molecular complexity index is 723. The van der Waals surface area contributed by atoms with Crippen LogP contribution in [0.25, 0.3) is 16.7 Å². The summed E-state index contributed by atoms with van der Waals surface area (Å²) in [4.78, 5) is 3.10. The van der Waals surface area contributed by atoms with Crippen molar-refractivity contribution in [3.63, 3.8) is 0 Å². The van der Waals surface area contributed by atoms with Crippen molar-refractivity contribution in [1.29, 1.82) is 0 Å². The van der Waals surface area contributed by atoms with E-state index < -0.39 is 0 Å². The zero-order valence-corrected chi connectivity index (χ0v) is 14.4. The summed E-state index contributed by atoms with van der Waals surface area (Å²) in [6.45, 7) is 6.48. The van der Waals surface area contributed by atoms with Crippen molar-refractivity contribution in [1.82, 2.24) is 4.90 Å². The van der Waals surface area contributed by atoms with E-state index in [4.69, 9.17) is 12.2 Å². The van der Waals surface area contributed by atoms with Gasteiger partial charge in [0, 0.05) is 13.1 Å². The van der Waals surface area contributed by atoms with Crippen LogP contribution in [0.5, 0.6) is 0 Å². The van der Waals surface area contributed by atoms with Gasteiger partial charge in [0.1, 0.15) is 4.99 Å². The summed E-state index contributed by atoms with van der Waals surface area (Å²) in [6.07, 6.45) is 0. The van der Waals surface area contributed by atoms with Crippen molar-refractivity contribution in [2.24, 2.45) is 0 Å². The summed E-state index contributed by atoms with van der Waals surface area (Å²) in [6, 6.07) is 17.6. The van der Waals surface area contributed by atoms with E-state index in [1.807, 2.05) is 0 Å². The molecule has 0 aliphatic heterocycles. The molecule has 1 nitrogen and oxygen atoms in total. The monoisotopic (exact) mass is 307 g/mol. The molecule has 0 aromatic heterocycles. The summed E-state index contributed by atoms with van der Waals surface area (Å²) in [7, 11) is 2.07. The fraction of sp³-hybridized carbons (Fsp3) is 0.250. The largest absolute Gasteiger partial charge is 0.363 e. The maximum Gasteiger partial charge on any atom is 0.105 e. The third-order valence-corrected chi connectivity index (χ3v) is 5.07. The maximum absolute atomic E-state index is 5.74. The number of fused-ring (bicyclic) bond motifs is 3. The van der Waals surface area contributed by atoms with E-state index in [0.717, 1.165) is 4.99 Å². The molecule has 22 heavy (non-hydrogen) atoms. The molecule has 112 valence electrons. The van der Waals surface area contributed by atoms with Gasteiger partial charge in [-0.1, -0.05) is 60.7 Å². The molecule has 0 N–H and O–H groups in total. The van der Waals surface area contributed by atoms with E-state index >= 15 is 0 Å². The summed E-state index contributed by atoms with van der Waals surface area (Å²) < 4.78 is 0. The first-order valence-electron chi connectivity index (χ1n) is 7.69. The van der Waals surface area contributed by atoms with Crippen LogP contribution in [0, 0.1) is 0 Å². The molecule has 1 aliphatic rings. The van der Waals surface area contributed by atoms with E-state index in [0.29, 0.717) is 6.04 Å². The van der Waals surface area contributed by atoms with Gasteiger partial charge in [0.2, 0.25) is 0 Å². The van der Waals surface area contributed by atoms with Gasteiger partial charge in [-0.3, -0.25) is 0 Å². The number of thiocarbonyl (C=S) groups is 1. The van der Waals surface area contributed by atoms with Gasteiger partial charge in [0.05, 0.1) is 0 Å². The van der Waals surface area contributed by atoms with E-state index in [9.17, 15) is 0 Å².